The lowest BCUT2D eigenvalue weighted by molar-refractivity contribution is -0.159. The van der Waals surface area contributed by atoms with Gasteiger partial charge in [-0.1, -0.05) is 24.3 Å². The number of aromatic nitrogens is 1. The van der Waals surface area contributed by atoms with Crippen molar-refractivity contribution in [2.24, 2.45) is 0 Å². The van der Waals surface area contributed by atoms with Crippen LogP contribution in [0.25, 0.3) is 10.9 Å². The van der Waals surface area contributed by atoms with Crippen molar-refractivity contribution in [3.05, 3.63) is 59.3 Å². The summed E-state index contributed by atoms with van der Waals surface area (Å²) in [5.41, 5.74) is 3.63. The molecule has 2 amide bonds. The summed E-state index contributed by atoms with van der Waals surface area (Å²) >= 11 is 0. The highest BCUT2D eigenvalue weighted by Gasteiger charge is 2.48. The molecule has 3 aliphatic heterocycles. The van der Waals surface area contributed by atoms with Crippen molar-refractivity contribution in [3.8, 4) is 11.5 Å². The van der Waals surface area contributed by atoms with Crippen molar-refractivity contribution in [1.82, 2.24) is 14.8 Å². The van der Waals surface area contributed by atoms with E-state index in [-0.39, 0.29) is 38.1 Å². The Morgan fingerprint density at radius 2 is 1.94 bits per heavy atom. The largest absolute Gasteiger partial charge is 0.481 e. The highest BCUT2D eigenvalue weighted by atomic mass is 16.7. The standard InChI is InChI=1S/C24H21N3O6/c28-20-11-26(8-7-21(29)30)24(31)17-10-15-14-3-1-2-4-16(14)25-22(15)23(27(17)20)13-5-6-18-19(9-13)33-12-32-18/h1-6,9,17,23,25H,7-8,10-12H2,(H,29,30)/t17-,23-/m1/s1. The van der Waals surface area contributed by atoms with E-state index in [0.29, 0.717) is 17.9 Å². The quantitative estimate of drug-likeness (QED) is 0.633. The van der Waals surface area contributed by atoms with Gasteiger partial charge < -0.3 is 29.4 Å². The zero-order chi connectivity index (χ0) is 22.7. The monoisotopic (exact) mass is 447 g/mol. The number of fused-ring (bicyclic) bond motifs is 5. The Kier molecular flexibility index (Phi) is 4.33. The molecule has 0 bridgehead atoms. The maximum absolute atomic E-state index is 13.4. The predicted octanol–water partition coefficient (Wildman–Crippen LogP) is 2.06. The molecule has 3 aliphatic rings. The highest BCUT2D eigenvalue weighted by molar-refractivity contribution is 5.97. The molecule has 1 aromatic heterocycles. The number of hydrogen-bond acceptors (Lipinski definition) is 5. The van der Waals surface area contributed by atoms with Gasteiger partial charge in [0.15, 0.2) is 11.5 Å². The number of hydrogen-bond donors (Lipinski definition) is 2. The number of benzene rings is 2. The summed E-state index contributed by atoms with van der Waals surface area (Å²) in [6, 6.07) is 12.2. The molecule has 1 fully saturated rings. The van der Waals surface area contributed by atoms with Gasteiger partial charge in [-0.2, -0.15) is 0 Å². The van der Waals surface area contributed by atoms with Gasteiger partial charge in [-0.15, -0.1) is 0 Å². The van der Waals surface area contributed by atoms with Crippen LogP contribution in [0.4, 0.5) is 0 Å². The van der Waals surface area contributed by atoms with Crippen LogP contribution in [-0.2, 0) is 20.8 Å². The second-order valence-corrected chi connectivity index (χ2v) is 8.50. The molecule has 168 valence electrons. The van der Waals surface area contributed by atoms with E-state index < -0.39 is 18.1 Å². The van der Waals surface area contributed by atoms with Gasteiger partial charge in [0.05, 0.1) is 19.0 Å². The third-order valence-corrected chi connectivity index (χ3v) is 6.65. The van der Waals surface area contributed by atoms with E-state index in [0.717, 1.165) is 27.7 Å². The van der Waals surface area contributed by atoms with Gasteiger partial charge in [0, 0.05) is 29.6 Å². The highest BCUT2D eigenvalue weighted by Crippen LogP contribution is 2.44. The van der Waals surface area contributed by atoms with Crippen LogP contribution < -0.4 is 9.47 Å². The van der Waals surface area contributed by atoms with Gasteiger partial charge in [0.25, 0.3) is 0 Å². The van der Waals surface area contributed by atoms with Crippen LogP contribution in [-0.4, -0.2) is 63.6 Å². The Morgan fingerprint density at radius 1 is 1.12 bits per heavy atom. The number of nitrogens with zero attached hydrogens (tertiary/aromatic N) is 2. The number of piperazine rings is 1. The molecule has 4 heterocycles. The number of carbonyl (C=O) groups is 3. The van der Waals surface area contributed by atoms with Gasteiger partial charge in [0.2, 0.25) is 18.6 Å². The van der Waals surface area contributed by atoms with Crippen LogP contribution in [0.3, 0.4) is 0 Å². The second-order valence-electron chi connectivity index (χ2n) is 8.50. The predicted molar refractivity (Wildman–Crippen MR) is 116 cm³/mol. The summed E-state index contributed by atoms with van der Waals surface area (Å²) in [5, 5.41) is 10.1. The number of carboxylic acid groups (broad SMARTS) is 1. The number of amides is 2. The SMILES string of the molecule is O=C(O)CCN1CC(=O)N2[C@H](c3ccc4c(c3)OCO4)c3[nH]c4ccccc4c3C[C@@H]2C1=O. The van der Waals surface area contributed by atoms with E-state index in [4.69, 9.17) is 14.6 Å². The minimum atomic E-state index is -1.00. The van der Waals surface area contributed by atoms with Gasteiger partial charge in [-0.3, -0.25) is 14.4 Å². The van der Waals surface area contributed by atoms with E-state index in [1.54, 1.807) is 4.90 Å². The summed E-state index contributed by atoms with van der Waals surface area (Å²) in [6.07, 6.45) is 0.171. The maximum atomic E-state index is 13.4. The number of aromatic amines is 1. The fraction of sp³-hybridized carbons (Fsp3) is 0.292. The molecule has 2 N–H and O–H groups in total. The lowest BCUT2D eigenvalue weighted by Crippen LogP contribution is -2.63. The number of carbonyl (C=O) groups excluding carboxylic acids is 2. The zero-order valence-corrected chi connectivity index (χ0v) is 17.6. The number of aliphatic carboxylic acids is 1. The minimum absolute atomic E-state index is 0.0136. The normalized spacial score (nSPS) is 21.3. The number of rotatable bonds is 4. The molecule has 3 aromatic rings. The summed E-state index contributed by atoms with van der Waals surface area (Å²) < 4.78 is 11.0. The molecule has 2 aromatic carbocycles. The van der Waals surface area contributed by atoms with Crippen LogP contribution in [0.1, 0.15) is 29.3 Å². The Morgan fingerprint density at radius 3 is 2.79 bits per heavy atom. The number of ether oxygens (including phenoxy) is 2. The van der Waals surface area contributed by atoms with Crippen molar-refractivity contribution < 1.29 is 29.0 Å². The molecule has 0 saturated carbocycles. The smallest absolute Gasteiger partial charge is 0.305 e. The summed E-state index contributed by atoms with van der Waals surface area (Å²) in [7, 11) is 0. The number of nitrogens with one attached hydrogen (secondary N) is 1. The van der Waals surface area contributed by atoms with E-state index in [2.05, 4.69) is 4.98 Å². The molecule has 6 rings (SSSR count). The molecule has 0 aliphatic carbocycles. The molecule has 1 saturated heterocycles. The topological polar surface area (TPSA) is 112 Å². The Balaban J connectivity index is 1.49. The van der Waals surface area contributed by atoms with Gasteiger partial charge in [0.1, 0.15) is 6.04 Å². The van der Waals surface area contributed by atoms with E-state index in [1.165, 1.54) is 4.90 Å². The fourth-order valence-corrected chi connectivity index (χ4v) is 5.17. The third-order valence-electron chi connectivity index (χ3n) is 6.65. The molecular weight excluding hydrogens is 426 g/mol. The molecular formula is C24H21N3O6. The van der Waals surface area contributed by atoms with E-state index in [1.807, 2.05) is 42.5 Å². The molecule has 2 atom stereocenters. The number of H-pyrrole nitrogens is 1. The van der Waals surface area contributed by atoms with Crippen molar-refractivity contribution >= 4 is 28.7 Å². The Bertz CT molecular complexity index is 1310. The number of carboxylic acids is 1. The van der Waals surface area contributed by atoms with E-state index >= 15 is 0 Å². The van der Waals surface area contributed by atoms with Crippen LogP contribution in [0.15, 0.2) is 42.5 Å². The van der Waals surface area contributed by atoms with Crippen LogP contribution in [0.5, 0.6) is 11.5 Å². The number of para-hydroxylation sites is 1. The zero-order valence-electron chi connectivity index (χ0n) is 17.6. The first-order valence-corrected chi connectivity index (χ1v) is 10.8. The molecule has 33 heavy (non-hydrogen) atoms. The van der Waals surface area contributed by atoms with Crippen molar-refractivity contribution in [3.63, 3.8) is 0 Å². The Hall–Kier alpha value is -4.01. The fourth-order valence-electron chi connectivity index (χ4n) is 5.17. The first kappa shape index (κ1) is 19.7. The van der Waals surface area contributed by atoms with Gasteiger partial charge >= 0.3 is 5.97 Å². The molecule has 0 unspecified atom stereocenters. The molecule has 0 radical (unpaired) electrons. The maximum Gasteiger partial charge on any atom is 0.305 e. The minimum Gasteiger partial charge on any atom is -0.481 e. The van der Waals surface area contributed by atoms with Crippen LogP contribution >= 0.6 is 0 Å². The Labute approximate surface area is 188 Å². The first-order chi connectivity index (χ1) is 16.0. The first-order valence-electron chi connectivity index (χ1n) is 10.8. The average molecular weight is 447 g/mol. The molecule has 9 heteroatoms. The summed E-state index contributed by atoms with van der Waals surface area (Å²) in [5.74, 6) is -0.192. The van der Waals surface area contributed by atoms with E-state index in [9.17, 15) is 14.4 Å². The van der Waals surface area contributed by atoms with Crippen LogP contribution in [0.2, 0.25) is 0 Å². The second kappa shape index (κ2) is 7.26. The molecule has 9 nitrogen and oxygen atoms in total. The van der Waals surface area contributed by atoms with Gasteiger partial charge in [-0.05, 0) is 29.3 Å². The lowest BCUT2D eigenvalue weighted by Gasteiger charge is -2.47. The summed E-state index contributed by atoms with van der Waals surface area (Å²) in [4.78, 5) is 44.4. The van der Waals surface area contributed by atoms with Gasteiger partial charge in [-0.25, -0.2) is 0 Å². The lowest BCUT2D eigenvalue weighted by atomic mass is 9.86. The third kappa shape index (κ3) is 3.03. The molecule has 0 spiro atoms. The average Bonchev–Trinajstić information content (AvgIpc) is 3.43. The van der Waals surface area contributed by atoms with Crippen LogP contribution in [0, 0.1) is 0 Å². The van der Waals surface area contributed by atoms with Crippen molar-refractivity contribution in [2.45, 2.75) is 24.9 Å². The van der Waals surface area contributed by atoms with Crippen molar-refractivity contribution in [1.29, 1.82) is 0 Å². The summed E-state index contributed by atoms with van der Waals surface area (Å²) in [6.45, 7) is 0.0162. The van der Waals surface area contributed by atoms with Crippen molar-refractivity contribution in [2.75, 3.05) is 19.9 Å².